The zero-order chi connectivity index (χ0) is 18.2. The van der Waals surface area contributed by atoms with Crippen molar-refractivity contribution in [3.63, 3.8) is 0 Å². The van der Waals surface area contributed by atoms with Gasteiger partial charge in [-0.15, -0.1) is 0 Å². The van der Waals surface area contributed by atoms with Crippen LogP contribution in [-0.2, 0) is 10.0 Å². The van der Waals surface area contributed by atoms with Crippen molar-refractivity contribution < 1.29 is 13.2 Å². The molecule has 0 aliphatic carbocycles. The van der Waals surface area contributed by atoms with E-state index in [1.165, 1.54) is 0 Å². The number of piperidine rings is 1. The van der Waals surface area contributed by atoms with E-state index in [1.54, 1.807) is 17.3 Å². The number of aromatic nitrogens is 3. The summed E-state index contributed by atoms with van der Waals surface area (Å²) in [5.41, 5.74) is 1.30. The predicted molar refractivity (Wildman–Crippen MR) is 94.8 cm³/mol. The molecule has 136 valence electrons. The summed E-state index contributed by atoms with van der Waals surface area (Å²) in [5, 5.41) is 5.16. The van der Waals surface area contributed by atoms with E-state index in [2.05, 4.69) is 14.8 Å². The summed E-state index contributed by atoms with van der Waals surface area (Å²) in [4.78, 5) is 18.8. The highest BCUT2D eigenvalue weighted by atomic mass is 32.2. The van der Waals surface area contributed by atoms with Crippen LogP contribution in [0.1, 0.15) is 43.1 Å². The smallest absolute Gasteiger partial charge is 0.255 e. The Morgan fingerprint density at radius 2 is 1.96 bits per heavy atom. The Labute approximate surface area is 147 Å². The third-order valence-corrected chi connectivity index (χ3v) is 5.09. The van der Waals surface area contributed by atoms with E-state index in [-0.39, 0.29) is 18.0 Å². The number of pyridine rings is 1. The average molecular weight is 365 g/mol. The molecule has 1 aliphatic rings. The standard InChI is InChI=1S/C16H23N5O3S/c1-11(2)21-15-12(10-18-21)8-13(9-17-15)16(22)20-6-4-14(5-7-20)19-25(3,23)24/h8-11,14,19H,4-7H2,1-3H3. The van der Waals surface area contributed by atoms with E-state index in [1.807, 2.05) is 24.6 Å². The minimum absolute atomic E-state index is 0.0792. The maximum atomic E-state index is 12.7. The second kappa shape index (κ2) is 6.72. The number of likely N-dealkylation sites (tertiary alicyclic amines) is 1. The molecule has 2 aromatic rings. The number of fused-ring (bicyclic) bond motifs is 1. The Kier molecular flexibility index (Phi) is 4.79. The second-order valence-electron chi connectivity index (χ2n) is 6.78. The Balaban J connectivity index is 1.71. The molecule has 1 amide bonds. The van der Waals surface area contributed by atoms with Crippen molar-refractivity contribution in [2.75, 3.05) is 19.3 Å². The predicted octanol–water partition coefficient (Wildman–Crippen LogP) is 1.17. The molecule has 1 aliphatic heterocycles. The summed E-state index contributed by atoms with van der Waals surface area (Å²) in [6.07, 6.45) is 5.69. The number of hydrogen-bond acceptors (Lipinski definition) is 5. The van der Waals surface area contributed by atoms with Crippen molar-refractivity contribution in [3.05, 3.63) is 24.0 Å². The van der Waals surface area contributed by atoms with Crippen LogP contribution >= 0.6 is 0 Å². The van der Waals surface area contributed by atoms with Gasteiger partial charge in [-0.1, -0.05) is 0 Å². The molecule has 1 fully saturated rings. The Hall–Kier alpha value is -2.00. The van der Waals surface area contributed by atoms with Gasteiger partial charge in [0.2, 0.25) is 10.0 Å². The number of nitrogens with zero attached hydrogens (tertiary/aromatic N) is 4. The number of carbonyl (C=O) groups is 1. The molecule has 3 heterocycles. The van der Waals surface area contributed by atoms with Gasteiger partial charge in [-0.25, -0.2) is 22.8 Å². The van der Waals surface area contributed by atoms with Crippen LogP contribution in [0.5, 0.6) is 0 Å². The van der Waals surface area contributed by atoms with Crippen LogP contribution in [0.2, 0.25) is 0 Å². The third-order valence-electron chi connectivity index (χ3n) is 4.33. The maximum Gasteiger partial charge on any atom is 0.255 e. The van der Waals surface area contributed by atoms with E-state index in [4.69, 9.17) is 0 Å². The molecule has 1 N–H and O–H groups in total. The summed E-state index contributed by atoms with van der Waals surface area (Å²) in [6, 6.07) is 1.91. The molecule has 1 saturated heterocycles. The van der Waals surface area contributed by atoms with Crippen molar-refractivity contribution in [1.29, 1.82) is 0 Å². The summed E-state index contributed by atoms with van der Waals surface area (Å²) >= 11 is 0. The van der Waals surface area contributed by atoms with Crippen LogP contribution in [0, 0.1) is 0 Å². The molecule has 0 aromatic carbocycles. The van der Waals surface area contributed by atoms with Gasteiger partial charge in [0.05, 0.1) is 18.0 Å². The lowest BCUT2D eigenvalue weighted by molar-refractivity contribution is 0.0711. The van der Waals surface area contributed by atoms with Crippen LogP contribution in [0.3, 0.4) is 0 Å². The van der Waals surface area contributed by atoms with Gasteiger partial charge in [0.1, 0.15) is 0 Å². The molecule has 0 bridgehead atoms. The SMILES string of the molecule is CC(C)n1ncc2cc(C(=O)N3CCC(NS(C)(=O)=O)CC3)cnc21. The van der Waals surface area contributed by atoms with Crippen molar-refractivity contribution in [3.8, 4) is 0 Å². The quantitative estimate of drug-likeness (QED) is 0.877. The van der Waals surface area contributed by atoms with Crippen molar-refractivity contribution >= 4 is 27.0 Å². The van der Waals surface area contributed by atoms with Gasteiger partial charge in [-0.3, -0.25) is 4.79 Å². The molecule has 0 atom stereocenters. The van der Waals surface area contributed by atoms with Crippen LogP contribution in [-0.4, -0.2) is 59.4 Å². The van der Waals surface area contributed by atoms with Crippen LogP contribution < -0.4 is 4.72 Å². The van der Waals surface area contributed by atoms with Crippen LogP contribution in [0.25, 0.3) is 11.0 Å². The van der Waals surface area contributed by atoms with E-state index < -0.39 is 10.0 Å². The minimum Gasteiger partial charge on any atom is -0.338 e. The van der Waals surface area contributed by atoms with Crippen LogP contribution in [0.15, 0.2) is 18.5 Å². The lowest BCUT2D eigenvalue weighted by atomic mass is 10.1. The Morgan fingerprint density at radius 3 is 2.56 bits per heavy atom. The normalized spacial score (nSPS) is 16.7. The summed E-state index contributed by atoms with van der Waals surface area (Å²) in [5.74, 6) is -0.0792. The fraction of sp³-hybridized carbons (Fsp3) is 0.562. The summed E-state index contributed by atoms with van der Waals surface area (Å²) < 4.78 is 27.0. The average Bonchev–Trinajstić information content (AvgIpc) is 2.96. The van der Waals surface area contributed by atoms with Crippen LogP contribution in [0.4, 0.5) is 0 Å². The van der Waals surface area contributed by atoms with E-state index >= 15 is 0 Å². The third kappa shape index (κ3) is 3.98. The lowest BCUT2D eigenvalue weighted by Crippen LogP contribution is -2.46. The van der Waals surface area contributed by atoms with Crippen molar-refractivity contribution in [1.82, 2.24) is 24.4 Å². The molecular formula is C16H23N5O3S. The molecular weight excluding hydrogens is 342 g/mol. The summed E-state index contributed by atoms with van der Waals surface area (Å²) in [7, 11) is -3.22. The fourth-order valence-electron chi connectivity index (χ4n) is 3.12. The number of hydrogen-bond donors (Lipinski definition) is 1. The van der Waals surface area contributed by atoms with Crippen molar-refractivity contribution in [2.24, 2.45) is 0 Å². The molecule has 2 aromatic heterocycles. The number of carbonyl (C=O) groups excluding carboxylic acids is 1. The number of rotatable bonds is 4. The molecule has 0 radical (unpaired) electrons. The van der Waals surface area contributed by atoms with Gasteiger partial charge < -0.3 is 4.90 Å². The largest absolute Gasteiger partial charge is 0.338 e. The monoisotopic (exact) mass is 365 g/mol. The Morgan fingerprint density at radius 1 is 1.28 bits per heavy atom. The highest BCUT2D eigenvalue weighted by Crippen LogP contribution is 2.19. The molecule has 0 saturated carbocycles. The number of nitrogens with one attached hydrogen (secondary N) is 1. The second-order valence-corrected chi connectivity index (χ2v) is 8.56. The zero-order valence-corrected chi connectivity index (χ0v) is 15.5. The number of amides is 1. The first-order valence-corrected chi connectivity index (χ1v) is 10.2. The van der Waals surface area contributed by atoms with Gasteiger partial charge in [-0.05, 0) is 32.8 Å². The first kappa shape index (κ1) is 17.8. The van der Waals surface area contributed by atoms with E-state index in [0.29, 0.717) is 31.5 Å². The zero-order valence-electron chi connectivity index (χ0n) is 14.6. The molecule has 8 nitrogen and oxygen atoms in total. The topological polar surface area (TPSA) is 97.2 Å². The Bertz CT molecular complexity index is 882. The fourth-order valence-corrected chi connectivity index (χ4v) is 3.96. The molecule has 9 heteroatoms. The summed E-state index contributed by atoms with van der Waals surface area (Å²) in [6.45, 7) is 5.11. The molecule has 25 heavy (non-hydrogen) atoms. The minimum atomic E-state index is -3.22. The molecule has 3 rings (SSSR count). The van der Waals surface area contributed by atoms with Crippen molar-refractivity contribution in [2.45, 2.75) is 38.8 Å². The maximum absolute atomic E-state index is 12.7. The highest BCUT2D eigenvalue weighted by molar-refractivity contribution is 7.88. The number of sulfonamides is 1. The van der Waals surface area contributed by atoms with E-state index in [0.717, 1.165) is 17.3 Å². The van der Waals surface area contributed by atoms with Gasteiger partial charge >= 0.3 is 0 Å². The van der Waals surface area contributed by atoms with Gasteiger partial charge in [0.15, 0.2) is 5.65 Å². The molecule has 0 spiro atoms. The first-order valence-electron chi connectivity index (χ1n) is 8.34. The van der Waals surface area contributed by atoms with Gasteiger partial charge in [0, 0.05) is 36.8 Å². The van der Waals surface area contributed by atoms with Gasteiger partial charge in [-0.2, -0.15) is 5.10 Å². The highest BCUT2D eigenvalue weighted by Gasteiger charge is 2.25. The molecule has 0 unspecified atom stereocenters. The first-order chi connectivity index (χ1) is 11.7. The van der Waals surface area contributed by atoms with E-state index in [9.17, 15) is 13.2 Å². The lowest BCUT2D eigenvalue weighted by Gasteiger charge is -2.32. The van der Waals surface area contributed by atoms with Gasteiger partial charge in [0.25, 0.3) is 5.91 Å².